The molecule has 2 aromatic carbocycles. The van der Waals surface area contributed by atoms with Crippen molar-refractivity contribution >= 4 is 9.84 Å². The number of nitrogens with zero attached hydrogens (tertiary/aromatic N) is 2. The summed E-state index contributed by atoms with van der Waals surface area (Å²) < 4.78 is 42.8. The minimum absolute atomic E-state index is 0.355. The van der Waals surface area contributed by atoms with Gasteiger partial charge in [0.2, 0.25) is 0 Å². The highest BCUT2D eigenvalue weighted by molar-refractivity contribution is 7.90. The number of hydrogen-bond donors (Lipinski definition) is 0. The van der Waals surface area contributed by atoms with Gasteiger partial charge in [-0.05, 0) is 49.2 Å². The molecule has 132 valence electrons. The van der Waals surface area contributed by atoms with E-state index < -0.39 is 15.7 Å². The highest BCUT2D eigenvalue weighted by Crippen LogP contribution is 2.36. The summed E-state index contributed by atoms with van der Waals surface area (Å²) in [5, 5.41) is 13.1. The first-order valence-electron chi connectivity index (χ1n) is 7.69. The second-order valence-corrected chi connectivity index (χ2v) is 8.01. The van der Waals surface area contributed by atoms with E-state index in [9.17, 15) is 12.8 Å². The molecule has 26 heavy (non-hydrogen) atoms. The Morgan fingerprint density at radius 3 is 2.38 bits per heavy atom. The van der Waals surface area contributed by atoms with Gasteiger partial charge < -0.3 is 4.52 Å². The maximum Gasteiger partial charge on any atom is 0.178 e. The zero-order valence-corrected chi connectivity index (χ0v) is 15.2. The van der Waals surface area contributed by atoms with Crippen molar-refractivity contribution in [2.75, 3.05) is 6.26 Å². The van der Waals surface area contributed by atoms with Crippen LogP contribution in [0.1, 0.15) is 16.9 Å². The van der Waals surface area contributed by atoms with Gasteiger partial charge in [-0.25, -0.2) is 12.8 Å². The van der Waals surface area contributed by atoms with E-state index in [1.54, 1.807) is 25.1 Å². The number of benzene rings is 2. The topological polar surface area (TPSA) is 84.0 Å². The van der Waals surface area contributed by atoms with Gasteiger partial charge in [-0.2, -0.15) is 5.26 Å². The van der Waals surface area contributed by atoms with Gasteiger partial charge in [0.05, 0.1) is 17.2 Å². The molecular formula is C19H15FN2O3S. The lowest BCUT2D eigenvalue weighted by Gasteiger charge is -2.07. The van der Waals surface area contributed by atoms with Crippen LogP contribution >= 0.6 is 0 Å². The van der Waals surface area contributed by atoms with Crippen LogP contribution in [0.4, 0.5) is 4.39 Å². The second kappa shape index (κ2) is 6.39. The van der Waals surface area contributed by atoms with E-state index in [0.717, 1.165) is 23.4 Å². The third kappa shape index (κ3) is 3.11. The highest BCUT2D eigenvalue weighted by atomic mass is 32.2. The van der Waals surface area contributed by atoms with Gasteiger partial charge in [-0.3, -0.25) is 0 Å². The summed E-state index contributed by atoms with van der Waals surface area (Å²) in [6.45, 7) is 3.51. The molecule has 0 saturated carbocycles. The molecule has 0 amide bonds. The quantitative estimate of drug-likeness (QED) is 0.695. The second-order valence-electron chi connectivity index (χ2n) is 6.02. The summed E-state index contributed by atoms with van der Waals surface area (Å²) in [6.07, 6.45) is 0.959. The Bertz CT molecular complexity index is 1160. The number of halogens is 1. The molecule has 1 aromatic heterocycles. The zero-order chi connectivity index (χ0) is 19.1. The maximum atomic E-state index is 14.3. The SMILES string of the molecule is Cc1cc(-c2noc(C)c2-c2ccc(S(C)(=O)=O)c(F)c2)ccc1C#N. The van der Waals surface area contributed by atoms with Crippen LogP contribution < -0.4 is 0 Å². The van der Waals surface area contributed by atoms with Crippen molar-refractivity contribution in [3.05, 3.63) is 59.1 Å². The molecule has 0 aliphatic rings. The Morgan fingerprint density at radius 1 is 1.12 bits per heavy atom. The van der Waals surface area contributed by atoms with E-state index in [1.807, 2.05) is 6.92 Å². The third-order valence-electron chi connectivity index (χ3n) is 4.10. The Kier molecular flexibility index (Phi) is 4.38. The van der Waals surface area contributed by atoms with Crippen molar-refractivity contribution in [1.82, 2.24) is 5.16 Å². The van der Waals surface area contributed by atoms with Crippen molar-refractivity contribution in [2.45, 2.75) is 18.7 Å². The molecule has 0 spiro atoms. The van der Waals surface area contributed by atoms with Crippen molar-refractivity contribution in [3.8, 4) is 28.5 Å². The third-order valence-corrected chi connectivity index (χ3v) is 5.23. The zero-order valence-electron chi connectivity index (χ0n) is 14.4. The normalized spacial score (nSPS) is 11.3. The average Bonchev–Trinajstić information content (AvgIpc) is 2.95. The first kappa shape index (κ1) is 17.8. The molecule has 0 unspecified atom stereocenters. The molecule has 7 heteroatoms. The van der Waals surface area contributed by atoms with E-state index in [2.05, 4.69) is 11.2 Å². The van der Waals surface area contributed by atoms with Crippen molar-refractivity contribution in [2.24, 2.45) is 0 Å². The largest absolute Gasteiger partial charge is 0.360 e. The van der Waals surface area contributed by atoms with Crippen molar-refractivity contribution in [3.63, 3.8) is 0 Å². The van der Waals surface area contributed by atoms with E-state index in [4.69, 9.17) is 9.78 Å². The molecule has 0 atom stereocenters. The van der Waals surface area contributed by atoms with Crippen LogP contribution in [0.5, 0.6) is 0 Å². The van der Waals surface area contributed by atoms with Gasteiger partial charge in [-0.15, -0.1) is 0 Å². The molecule has 0 saturated heterocycles. The number of aromatic nitrogens is 1. The van der Waals surface area contributed by atoms with E-state index in [0.29, 0.717) is 28.1 Å². The monoisotopic (exact) mass is 370 g/mol. The summed E-state index contributed by atoms with van der Waals surface area (Å²) in [6, 6.07) is 11.3. The molecule has 0 fully saturated rings. The average molecular weight is 370 g/mol. The predicted molar refractivity (Wildman–Crippen MR) is 94.6 cm³/mol. The lowest BCUT2D eigenvalue weighted by molar-refractivity contribution is 0.400. The van der Waals surface area contributed by atoms with Crippen molar-refractivity contribution in [1.29, 1.82) is 5.26 Å². The lowest BCUT2D eigenvalue weighted by atomic mass is 9.97. The Labute approximate surface area is 150 Å². The maximum absolute atomic E-state index is 14.3. The van der Waals surface area contributed by atoms with Gasteiger partial charge in [0.1, 0.15) is 22.2 Å². The first-order chi connectivity index (χ1) is 12.2. The fourth-order valence-electron chi connectivity index (χ4n) is 2.80. The molecule has 1 heterocycles. The van der Waals surface area contributed by atoms with E-state index in [1.165, 1.54) is 12.1 Å². The number of nitriles is 1. The molecule has 0 aliphatic carbocycles. The molecule has 5 nitrogen and oxygen atoms in total. The van der Waals surface area contributed by atoms with Crippen LogP contribution in [0.15, 0.2) is 45.8 Å². The van der Waals surface area contributed by atoms with Crippen LogP contribution in [0.25, 0.3) is 22.4 Å². The fraction of sp³-hybridized carbons (Fsp3) is 0.158. The summed E-state index contributed by atoms with van der Waals surface area (Å²) in [5.41, 5.74) is 3.61. The minimum Gasteiger partial charge on any atom is -0.360 e. The van der Waals surface area contributed by atoms with Gasteiger partial charge >= 0.3 is 0 Å². The smallest absolute Gasteiger partial charge is 0.178 e. The summed E-state index contributed by atoms with van der Waals surface area (Å²) >= 11 is 0. The standard InChI is InChI=1S/C19H15FN2O3S/c1-11-8-14(4-5-15(11)10-21)19-18(12(2)25-22-19)13-6-7-17(16(20)9-13)26(3,23)24/h4-9H,1-3H3. The number of rotatable bonds is 3. The molecule has 3 rings (SSSR count). The van der Waals surface area contributed by atoms with Gasteiger partial charge in [-0.1, -0.05) is 17.3 Å². The van der Waals surface area contributed by atoms with Gasteiger partial charge in [0.15, 0.2) is 9.84 Å². The first-order valence-corrected chi connectivity index (χ1v) is 9.59. The molecule has 3 aromatic rings. The number of sulfone groups is 1. The molecule has 0 radical (unpaired) electrons. The summed E-state index contributed by atoms with van der Waals surface area (Å²) in [7, 11) is -3.65. The van der Waals surface area contributed by atoms with Crippen LogP contribution in [-0.2, 0) is 9.84 Å². The summed E-state index contributed by atoms with van der Waals surface area (Å²) in [4.78, 5) is -0.355. The molecule has 0 aliphatic heterocycles. The Morgan fingerprint density at radius 2 is 1.81 bits per heavy atom. The van der Waals surface area contributed by atoms with Crippen LogP contribution in [0, 0.1) is 31.0 Å². The van der Waals surface area contributed by atoms with Crippen molar-refractivity contribution < 1.29 is 17.3 Å². The van der Waals surface area contributed by atoms with E-state index >= 15 is 0 Å². The number of hydrogen-bond acceptors (Lipinski definition) is 5. The highest BCUT2D eigenvalue weighted by Gasteiger charge is 2.20. The minimum atomic E-state index is -3.65. The van der Waals surface area contributed by atoms with E-state index in [-0.39, 0.29) is 4.90 Å². The predicted octanol–water partition coefficient (Wildman–Crippen LogP) is 4.04. The number of aryl methyl sites for hydroxylation is 2. The Balaban J connectivity index is 2.17. The van der Waals surface area contributed by atoms with Crippen LogP contribution in [-0.4, -0.2) is 19.8 Å². The summed E-state index contributed by atoms with van der Waals surface area (Å²) in [5.74, 6) is -0.346. The van der Waals surface area contributed by atoms with Crippen LogP contribution in [0.2, 0.25) is 0 Å². The lowest BCUT2D eigenvalue weighted by Crippen LogP contribution is -2.00. The molecular weight excluding hydrogens is 355 g/mol. The van der Waals surface area contributed by atoms with Gasteiger partial charge in [0, 0.05) is 11.8 Å². The van der Waals surface area contributed by atoms with Gasteiger partial charge in [0.25, 0.3) is 0 Å². The molecule has 0 bridgehead atoms. The molecule has 0 N–H and O–H groups in total. The van der Waals surface area contributed by atoms with Crippen LogP contribution in [0.3, 0.4) is 0 Å². The Hall–Kier alpha value is -2.98. The fourth-order valence-corrected chi connectivity index (χ4v) is 3.53.